The largest absolute Gasteiger partial charge is 1.00 e. The Morgan fingerprint density at radius 2 is 0.381 bits per heavy atom. The standard InChI is InChI=1S/C32H56N8.Cu.Na.H/c1-2-10-18-17(9-1)25-33-26(18)38-28-21-13-5-6-14-22(21)30(35-28)40-32-24-16-8-7-15-23(24)31(36-32)39-29-20-12-4-3-11-19(20)27(34-29)37-25;;;/h17-40H,1-16H2;;;/q;;+1;-1. The Morgan fingerprint density at radius 1 is 0.262 bits per heavy atom. The molecule has 10 heteroatoms. The zero-order chi connectivity index (χ0) is 26.2. The predicted molar refractivity (Wildman–Crippen MR) is 158 cm³/mol. The van der Waals surface area contributed by atoms with Crippen molar-refractivity contribution in [3.8, 4) is 0 Å². The average molecular weight is 640 g/mol. The monoisotopic (exact) mass is 639 g/mol. The Balaban J connectivity index is 0.00000110. The smallest absolute Gasteiger partial charge is 1.00 e. The van der Waals surface area contributed by atoms with Gasteiger partial charge in [-0.05, 0) is 98.7 Å². The van der Waals surface area contributed by atoms with Crippen LogP contribution in [0.5, 0.6) is 0 Å². The van der Waals surface area contributed by atoms with Gasteiger partial charge in [0.15, 0.2) is 0 Å². The van der Waals surface area contributed by atoms with Crippen LogP contribution in [0.4, 0.5) is 0 Å². The molecule has 4 aliphatic carbocycles. The third-order valence-corrected chi connectivity index (χ3v) is 13.8. The fraction of sp³-hybridized carbons (Fsp3) is 1.00. The predicted octanol–water partition coefficient (Wildman–Crippen LogP) is -0.280. The molecule has 9 rings (SSSR count). The minimum absolute atomic E-state index is 0. The second-order valence-corrected chi connectivity index (χ2v) is 15.6. The molecule has 1 radical (unpaired) electrons. The molecule has 8 N–H and O–H groups in total. The molecule has 5 heterocycles. The maximum Gasteiger partial charge on any atom is 1.00 e. The molecule has 9 aliphatic rings. The van der Waals surface area contributed by atoms with Crippen molar-refractivity contribution in [3.63, 3.8) is 0 Å². The van der Waals surface area contributed by atoms with Crippen LogP contribution < -0.4 is 72.1 Å². The molecule has 9 fully saturated rings. The van der Waals surface area contributed by atoms with Gasteiger partial charge in [-0.3, -0.25) is 42.5 Å². The molecule has 4 saturated carbocycles. The van der Waals surface area contributed by atoms with E-state index in [-0.39, 0.29) is 48.1 Å². The average Bonchev–Trinajstić information content (AvgIpc) is 3.73. The second kappa shape index (κ2) is 13.4. The normalized spacial score (nSPS) is 54.9. The molecule has 237 valence electrons. The topological polar surface area (TPSA) is 96.2 Å². The van der Waals surface area contributed by atoms with Gasteiger partial charge in [-0.1, -0.05) is 51.4 Å². The quantitative estimate of drug-likeness (QED) is 0.172. The van der Waals surface area contributed by atoms with Crippen LogP contribution in [0.1, 0.15) is 104 Å². The van der Waals surface area contributed by atoms with Crippen molar-refractivity contribution in [2.75, 3.05) is 0 Å². The molecule has 5 saturated heterocycles. The Bertz CT molecular complexity index is 730. The minimum atomic E-state index is 0. The van der Waals surface area contributed by atoms with Gasteiger partial charge in [0.25, 0.3) is 0 Å². The third kappa shape index (κ3) is 5.58. The summed E-state index contributed by atoms with van der Waals surface area (Å²) < 4.78 is 0. The van der Waals surface area contributed by atoms with Crippen LogP contribution in [0, 0.1) is 47.3 Å². The van der Waals surface area contributed by atoms with E-state index in [0.717, 1.165) is 47.3 Å². The van der Waals surface area contributed by atoms with Crippen molar-refractivity contribution >= 4 is 0 Å². The first-order valence-corrected chi connectivity index (χ1v) is 17.9. The number of fused-ring (bicyclic) bond motifs is 20. The van der Waals surface area contributed by atoms with Crippen molar-refractivity contribution in [1.82, 2.24) is 42.5 Å². The summed E-state index contributed by atoms with van der Waals surface area (Å²) in [6.45, 7) is 0. The first kappa shape index (κ1) is 31.8. The van der Waals surface area contributed by atoms with Gasteiger partial charge in [0.05, 0.1) is 49.3 Å². The molecular formula is C32H57CuN8Na. The van der Waals surface area contributed by atoms with E-state index in [4.69, 9.17) is 0 Å². The van der Waals surface area contributed by atoms with Crippen LogP contribution in [0.3, 0.4) is 0 Å². The molecule has 0 aromatic rings. The van der Waals surface area contributed by atoms with Gasteiger partial charge in [0, 0.05) is 17.1 Å². The fourth-order valence-electron chi connectivity index (χ4n) is 12.0. The van der Waals surface area contributed by atoms with E-state index < -0.39 is 0 Å². The molecule has 5 aliphatic heterocycles. The maximum atomic E-state index is 4.26. The van der Waals surface area contributed by atoms with Crippen molar-refractivity contribution in [1.29, 1.82) is 0 Å². The number of hydrogen-bond donors (Lipinski definition) is 8. The molecule has 8 nitrogen and oxygen atoms in total. The first-order valence-electron chi connectivity index (χ1n) is 17.9. The molecule has 0 amide bonds. The molecule has 8 atom stereocenters. The fourth-order valence-corrected chi connectivity index (χ4v) is 12.0. The van der Waals surface area contributed by atoms with Crippen LogP contribution in [0.15, 0.2) is 0 Å². The summed E-state index contributed by atoms with van der Waals surface area (Å²) in [6, 6.07) is 0. The molecule has 0 aromatic heterocycles. The van der Waals surface area contributed by atoms with Gasteiger partial charge in [-0.25, -0.2) is 0 Å². The molecule has 8 bridgehead atoms. The summed E-state index contributed by atoms with van der Waals surface area (Å²) in [4.78, 5) is 0. The molecule has 8 unspecified atom stereocenters. The number of nitrogens with one attached hydrogen (secondary N) is 8. The molecular weight excluding hydrogens is 583 g/mol. The summed E-state index contributed by atoms with van der Waals surface area (Å²) in [5, 5.41) is 33.8. The van der Waals surface area contributed by atoms with Crippen molar-refractivity contribution < 1.29 is 48.1 Å². The van der Waals surface area contributed by atoms with Crippen LogP contribution in [-0.4, -0.2) is 49.3 Å². The van der Waals surface area contributed by atoms with Crippen LogP contribution in [0.25, 0.3) is 0 Å². The van der Waals surface area contributed by atoms with E-state index in [2.05, 4.69) is 42.5 Å². The second-order valence-electron chi connectivity index (χ2n) is 15.6. The van der Waals surface area contributed by atoms with Gasteiger partial charge in [0.2, 0.25) is 0 Å². The molecule has 42 heavy (non-hydrogen) atoms. The SMILES string of the molecule is C1CCC2C3NC(NC4NC(NC5NC(NC6NC(N3)C3CCCCC63)C3CCCCC53)C3CCCCC43)C2C1.[Cu].[H-].[Na+]. The Morgan fingerprint density at radius 3 is 0.500 bits per heavy atom. The van der Waals surface area contributed by atoms with Gasteiger partial charge in [-0.15, -0.1) is 0 Å². The Hall–Kier alpha value is 1.20. The summed E-state index contributed by atoms with van der Waals surface area (Å²) in [6.07, 6.45) is 25.6. The van der Waals surface area contributed by atoms with E-state index in [1.165, 1.54) is 103 Å². The van der Waals surface area contributed by atoms with Crippen molar-refractivity contribution in [3.05, 3.63) is 0 Å². The van der Waals surface area contributed by atoms with Crippen LogP contribution in [-0.2, 0) is 17.1 Å². The van der Waals surface area contributed by atoms with E-state index >= 15 is 0 Å². The van der Waals surface area contributed by atoms with Gasteiger partial charge >= 0.3 is 29.6 Å². The first-order chi connectivity index (χ1) is 19.8. The molecule has 0 spiro atoms. The summed E-state index contributed by atoms with van der Waals surface area (Å²) in [5.74, 6) is 5.97. The number of hydrogen-bond acceptors (Lipinski definition) is 8. The number of rotatable bonds is 0. The van der Waals surface area contributed by atoms with Crippen molar-refractivity contribution in [2.45, 2.75) is 152 Å². The maximum absolute atomic E-state index is 4.26. The van der Waals surface area contributed by atoms with Crippen LogP contribution in [0.2, 0.25) is 0 Å². The van der Waals surface area contributed by atoms with E-state index in [9.17, 15) is 0 Å². The minimum Gasteiger partial charge on any atom is -1.00 e. The summed E-state index contributed by atoms with van der Waals surface area (Å²) in [7, 11) is 0. The zero-order valence-corrected chi connectivity index (χ0v) is 28.8. The Kier molecular flexibility index (Phi) is 10.1. The van der Waals surface area contributed by atoms with E-state index in [0.29, 0.717) is 49.3 Å². The Labute approximate surface area is 288 Å². The zero-order valence-electron chi connectivity index (χ0n) is 26.9. The van der Waals surface area contributed by atoms with Gasteiger partial charge in [0.1, 0.15) is 0 Å². The summed E-state index contributed by atoms with van der Waals surface area (Å²) in [5.41, 5.74) is 0. The summed E-state index contributed by atoms with van der Waals surface area (Å²) >= 11 is 0. The van der Waals surface area contributed by atoms with E-state index in [1.807, 2.05) is 0 Å². The van der Waals surface area contributed by atoms with Gasteiger partial charge in [-0.2, -0.15) is 0 Å². The third-order valence-electron chi connectivity index (χ3n) is 13.8. The van der Waals surface area contributed by atoms with E-state index in [1.54, 1.807) is 0 Å². The van der Waals surface area contributed by atoms with Crippen molar-refractivity contribution in [2.24, 2.45) is 47.3 Å². The van der Waals surface area contributed by atoms with Gasteiger partial charge < -0.3 is 1.43 Å². The molecule has 0 aromatic carbocycles. The van der Waals surface area contributed by atoms with Crippen LogP contribution >= 0.6 is 0 Å².